The van der Waals surface area contributed by atoms with Crippen LogP contribution in [0.15, 0.2) is 127 Å². The van der Waals surface area contributed by atoms with Crippen molar-refractivity contribution in [2.24, 2.45) is 0 Å². The second kappa shape index (κ2) is 13.1. The number of ketones is 2. The van der Waals surface area contributed by atoms with E-state index in [-0.39, 0.29) is 23.9 Å². The molecule has 0 aliphatic carbocycles. The van der Waals surface area contributed by atoms with E-state index in [2.05, 4.69) is 6.07 Å². The Bertz CT molecular complexity index is 1240. The van der Waals surface area contributed by atoms with Crippen molar-refractivity contribution < 1.29 is 9.59 Å². The van der Waals surface area contributed by atoms with Gasteiger partial charge in [0.25, 0.3) is 0 Å². The molecule has 0 aliphatic heterocycles. The number of rotatable bonds is 7. The third kappa shape index (κ3) is 7.55. The van der Waals surface area contributed by atoms with Gasteiger partial charge < -0.3 is 0 Å². The number of nitrogens with zero attached hydrogens (tertiary/aromatic N) is 1. The van der Waals surface area contributed by atoms with Crippen molar-refractivity contribution in [3.63, 3.8) is 0 Å². The average molecular weight is 444 g/mol. The Morgan fingerprint density at radius 1 is 0.676 bits per heavy atom. The molecular formula is C31H25NO2. The zero-order valence-electron chi connectivity index (χ0n) is 18.7. The predicted molar refractivity (Wildman–Crippen MR) is 136 cm³/mol. The largest absolute Gasteiger partial charge is 0.294 e. The van der Waals surface area contributed by atoms with Gasteiger partial charge in [0.1, 0.15) is 0 Å². The highest BCUT2D eigenvalue weighted by atomic mass is 16.1. The van der Waals surface area contributed by atoms with E-state index < -0.39 is 0 Å². The molecule has 1 atom stereocenters. The molecule has 0 amide bonds. The SMILES string of the molecule is N#CC(CC(=O)c1ccccc1)c1ccccc1.O=C(/C=C/c1ccccc1)c1ccccc1. The first-order valence-corrected chi connectivity index (χ1v) is 11.0. The number of benzene rings is 4. The van der Waals surface area contributed by atoms with Gasteiger partial charge in [0.2, 0.25) is 0 Å². The normalized spacial score (nSPS) is 11.0. The summed E-state index contributed by atoms with van der Waals surface area (Å²) in [5, 5.41) is 9.17. The van der Waals surface area contributed by atoms with E-state index >= 15 is 0 Å². The van der Waals surface area contributed by atoms with Crippen molar-refractivity contribution in [1.29, 1.82) is 5.26 Å². The van der Waals surface area contributed by atoms with Crippen LogP contribution < -0.4 is 0 Å². The van der Waals surface area contributed by atoms with Crippen LogP contribution in [0, 0.1) is 11.3 Å². The number of carbonyl (C=O) groups is 2. The zero-order valence-corrected chi connectivity index (χ0v) is 18.7. The fourth-order valence-electron chi connectivity index (χ4n) is 3.29. The lowest BCUT2D eigenvalue weighted by molar-refractivity contribution is 0.0978. The summed E-state index contributed by atoms with van der Waals surface area (Å²) >= 11 is 0. The molecule has 4 rings (SSSR count). The molecule has 0 radical (unpaired) electrons. The minimum absolute atomic E-state index is 0.00556. The van der Waals surface area contributed by atoms with Crippen LogP contribution in [0.1, 0.15) is 44.2 Å². The minimum Gasteiger partial charge on any atom is -0.294 e. The predicted octanol–water partition coefficient (Wildman–Crippen LogP) is 7.15. The molecule has 3 heteroatoms. The summed E-state index contributed by atoms with van der Waals surface area (Å²) in [6.45, 7) is 0. The van der Waals surface area contributed by atoms with Crippen LogP contribution in [-0.4, -0.2) is 11.6 Å². The number of Topliss-reactive ketones (excluding diaryl/α,β-unsaturated/α-hetero) is 1. The summed E-state index contributed by atoms with van der Waals surface area (Å²) in [5.74, 6) is -0.339. The molecule has 0 bridgehead atoms. The first-order chi connectivity index (χ1) is 16.7. The molecule has 3 nitrogen and oxygen atoms in total. The number of allylic oxidation sites excluding steroid dienone is 1. The van der Waals surface area contributed by atoms with Gasteiger partial charge in [-0.3, -0.25) is 9.59 Å². The van der Waals surface area contributed by atoms with Crippen molar-refractivity contribution in [2.75, 3.05) is 0 Å². The molecule has 4 aromatic carbocycles. The van der Waals surface area contributed by atoms with Gasteiger partial charge in [0, 0.05) is 17.5 Å². The van der Waals surface area contributed by atoms with Crippen molar-refractivity contribution in [3.05, 3.63) is 150 Å². The molecule has 4 aromatic rings. The maximum absolute atomic E-state index is 12.0. The average Bonchev–Trinajstić information content (AvgIpc) is 2.92. The summed E-state index contributed by atoms with van der Waals surface area (Å²) in [6.07, 6.45) is 3.66. The lowest BCUT2D eigenvalue weighted by Crippen LogP contribution is -2.06. The monoisotopic (exact) mass is 443 g/mol. The minimum atomic E-state index is -0.376. The third-order valence-electron chi connectivity index (χ3n) is 5.13. The van der Waals surface area contributed by atoms with E-state index in [1.165, 1.54) is 0 Å². The summed E-state index contributed by atoms with van der Waals surface area (Å²) in [5.41, 5.74) is 3.31. The number of nitriles is 1. The molecule has 34 heavy (non-hydrogen) atoms. The maximum Gasteiger partial charge on any atom is 0.185 e. The first-order valence-electron chi connectivity index (χ1n) is 11.0. The molecule has 0 fully saturated rings. The second-order valence-electron chi connectivity index (χ2n) is 7.56. The fourth-order valence-corrected chi connectivity index (χ4v) is 3.29. The van der Waals surface area contributed by atoms with E-state index in [0.717, 1.165) is 16.7 Å². The Balaban J connectivity index is 0.000000192. The molecule has 0 aromatic heterocycles. The van der Waals surface area contributed by atoms with E-state index in [0.29, 0.717) is 5.56 Å². The molecule has 166 valence electrons. The fraction of sp³-hybridized carbons (Fsp3) is 0.0645. The number of hydrogen-bond donors (Lipinski definition) is 0. The quantitative estimate of drug-likeness (QED) is 0.225. The van der Waals surface area contributed by atoms with E-state index in [1.807, 2.05) is 115 Å². The van der Waals surface area contributed by atoms with Crippen LogP contribution in [-0.2, 0) is 0 Å². The van der Waals surface area contributed by atoms with Gasteiger partial charge in [-0.2, -0.15) is 5.26 Å². The Morgan fingerprint density at radius 2 is 1.15 bits per heavy atom. The molecule has 0 saturated heterocycles. The Hall–Kier alpha value is -4.55. The van der Waals surface area contributed by atoms with Crippen molar-refractivity contribution in [3.8, 4) is 6.07 Å². The van der Waals surface area contributed by atoms with Gasteiger partial charge in [-0.15, -0.1) is 0 Å². The topological polar surface area (TPSA) is 57.9 Å². The molecule has 0 spiro atoms. The third-order valence-corrected chi connectivity index (χ3v) is 5.13. The highest BCUT2D eigenvalue weighted by molar-refractivity contribution is 6.06. The highest BCUT2D eigenvalue weighted by Gasteiger charge is 2.16. The van der Waals surface area contributed by atoms with Crippen molar-refractivity contribution >= 4 is 17.6 Å². The van der Waals surface area contributed by atoms with E-state index in [1.54, 1.807) is 18.2 Å². The summed E-state index contributed by atoms with van der Waals surface area (Å²) in [6, 6.07) is 39.8. The lowest BCUT2D eigenvalue weighted by Gasteiger charge is -2.08. The smallest absolute Gasteiger partial charge is 0.185 e. The molecule has 1 unspecified atom stereocenters. The van der Waals surface area contributed by atoms with Crippen LogP contribution in [0.2, 0.25) is 0 Å². The standard InChI is InChI=1S/C16H13NO.C15H12O/c17-12-15(13-7-3-1-4-8-13)11-16(18)14-9-5-2-6-10-14;16-15(14-9-5-2-6-10-14)12-11-13-7-3-1-4-8-13/h1-10,15H,11H2;1-12H/b;12-11+. The molecule has 0 aliphatic rings. The molecule has 0 N–H and O–H groups in total. The van der Waals surface area contributed by atoms with Gasteiger partial charge in [-0.1, -0.05) is 127 Å². The van der Waals surface area contributed by atoms with Gasteiger partial charge in [-0.05, 0) is 17.2 Å². The Kier molecular flexibility index (Phi) is 9.29. The molecule has 0 saturated carbocycles. The van der Waals surface area contributed by atoms with Crippen LogP contribution in [0.3, 0.4) is 0 Å². The number of carbonyl (C=O) groups excluding carboxylic acids is 2. The summed E-state index contributed by atoms with van der Waals surface area (Å²) < 4.78 is 0. The van der Waals surface area contributed by atoms with Crippen molar-refractivity contribution in [2.45, 2.75) is 12.3 Å². The van der Waals surface area contributed by atoms with Crippen LogP contribution in [0.25, 0.3) is 6.08 Å². The highest BCUT2D eigenvalue weighted by Crippen LogP contribution is 2.20. The number of hydrogen-bond acceptors (Lipinski definition) is 3. The zero-order chi connectivity index (χ0) is 24.0. The van der Waals surface area contributed by atoms with Crippen molar-refractivity contribution in [1.82, 2.24) is 0 Å². The molecule has 0 heterocycles. The first kappa shape index (κ1) is 24.1. The van der Waals surface area contributed by atoms with E-state index in [9.17, 15) is 14.9 Å². The van der Waals surface area contributed by atoms with Gasteiger partial charge in [0.05, 0.1) is 12.0 Å². The van der Waals surface area contributed by atoms with Gasteiger partial charge in [0.15, 0.2) is 11.6 Å². The maximum atomic E-state index is 12.0. The summed E-state index contributed by atoms with van der Waals surface area (Å²) in [4.78, 5) is 23.8. The second-order valence-corrected chi connectivity index (χ2v) is 7.56. The summed E-state index contributed by atoms with van der Waals surface area (Å²) in [7, 11) is 0. The lowest BCUT2D eigenvalue weighted by atomic mass is 9.93. The Labute approximate surface area is 200 Å². The van der Waals surface area contributed by atoms with Crippen LogP contribution >= 0.6 is 0 Å². The van der Waals surface area contributed by atoms with Gasteiger partial charge >= 0.3 is 0 Å². The molecular weight excluding hydrogens is 418 g/mol. The Morgan fingerprint density at radius 3 is 1.68 bits per heavy atom. The van der Waals surface area contributed by atoms with Crippen LogP contribution in [0.4, 0.5) is 0 Å². The van der Waals surface area contributed by atoms with E-state index in [4.69, 9.17) is 0 Å². The van der Waals surface area contributed by atoms with Crippen LogP contribution in [0.5, 0.6) is 0 Å². The van der Waals surface area contributed by atoms with Gasteiger partial charge in [-0.25, -0.2) is 0 Å².